The third-order valence-corrected chi connectivity index (χ3v) is 4.09. The van der Waals surface area contributed by atoms with Crippen molar-refractivity contribution in [2.45, 2.75) is 37.2 Å². The first kappa shape index (κ1) is 14.6. The topological polar surface area (TPSA) is 3.24 Å². The number of thioether (sulfide) groups is 1. The molecule has 0 saturated carbocycles. The predicted octanol–water partition coefficient (Wildman–Crippen LogP) is 3.88. The van der Waals surface area contributed by atoms with Crippen LogP contribution in [0.2, 0.25) is 0 Å². The highest BCUT2D eigenvalue weighted by Crippen LogP contribution is 2.31. The van der Waals surface area contributed by atoms with Gasteiger partial charge < -0.3 is 0 Å². The van der Waals surface area contributed by atoms with Crippen LogP contribution in [-0.2, 0) is 0 Å². The Kier molecular flexibility index (Phi) is 6.51. The van der Waals surface area contributed by atoms with E-state index in [4.69, 9.17) is 0 Å². The molecule has 0 bridgehead atoms. The van der Waals surface area contributed by atoms with Gasteiger partial charge in [0.15, 0.2) is 0 Å². The second-order valence-corrected chi connectivity index (χ2v) is 5.91. The highest BCUT2D eigenvalue weighted by molar-refractivity contribution is 9.09. The van der Waals surface area contributed by atoms with Gasteiger partial charge in [-0.3, -0.25) is 4.90 Å². The normalized spacial score (nSPS) is 22.9. The minimum absolute atomic E-state index is 0.0954. The van der Waals surface area contributed by atoms with Crippen molar-refractivity contribution in [3.05, 3.63) is 0 Å². The molecule has 1 aliphatic heterocycles. The van der Waals surface area contributed by atoms with Crippen molar-refractivity contribution >= 4 is 27.7 Å². The van der Waals surface area contributed by atoms with E-state index in [-0.39, 0.29) is 17.5 Å². The van der Waals surface area contributed by atoms with E-state index in [0.29, 0.717) is 12.6 Å². The molecule has 1 rings (SSSR count). The summed E-state index contributed by atoms with van der Waals surface area (Å²) in [5.41, 5.74) is -4.08. The Morgan fingerprint density at radius 3 is 2.75 bits per heavy atom. The molecule has 0 N–H and O–H groups in total. The smallest absolute Gasteiger partial charge is 0.300 e. The third-order valence-electron chi connectivity index (χ3n) is 2.81. The minimum Gasteiger partial charge on any atom is -0.300 e. The fourth-order valence-corrected chi connectivity index (χ4v) is 2.99. The number of halogens is 4. The van der Waals surface area contributed by atoms with Crippen LogP contribution < -0.4 is 0 Å². The lowest BCUT2D eigenvalue weighted by molar-refractivity contribution is -0.0329. The maximum atomic E-state index is 12.0. The molecule has 16 heavy (non-hydrogen) atoms. The summed E-state index contributed by atoms with van der Waals surface area (Å²) in [6.07, 6.45) is 4.48. The van der Waals surface area contributed by atoms with Crippen LogP contribution in [0.3, 0.4) is 0 Å². The van der Waals surface area contributed by atoms with Crippen molar-refractivity contribution in [2.24, 2.45) is 0 Å². The molecule has 1 saturated heterocycles. The van der Waals surface area contributed by atoms with Crippen molar-refractivity contribution in [3.63, 3.8) is 0 Å². The lowest BCUT2D eigenvalue weighted by Crippen LogP contribution is -2.32. The number of hydrogen-bond donors (Lipinski definition) is 0. The number of rotatable bonds is 6. The predicted molar refractivity (Wildman–Crippen MR) is 66.1 cm³/mol. The zero-order valence-corrected chi connectivity index (χ0v) is 11.5. The van der Waals surface area contributed by atoms with Gasteiger partial charge in [0.25, 0.3) is 0 Å². The SMILES string of the molecule is FC(F)(F)SCCN1CCCC1CCCBr. The van der Waals surface area contributed by atoms with E-state index >= 15 is 0 Å². The Balaban J connectivity index is 2.19. The summed E-state index contributed by atoms with van der Waals surface area (Å²) in [5, 5.41) is 0.981. The van der Waals surface area contributed by atoms with Gasteiger partial charge in [0, 0.05) is 23.7 Å². The number of likely N-dealkylation sites (tertiary alicyclic amines) is 1. The molecular weight excluding hydrogens is 303 g/mol. The van der Waals surface area contributed by atoms with Crippen LogP contribution in [0.25, 0.3) is 0 Å². The molecule has 0 radical (unpaired) electrons. The Bertz CT molecular complexity index is 201. The largest absolute Gasteiger partial charge is 0.441 e. The van der Waals surface area contributed by atoms with Crippen molar-refractivity contribution in [1.82, 2.24) is 4.90 Å². The van der Waals surface area contributed by atoms with E-state index in [1.807, 2.05) is 0 Å². The average Bonchev–Trinajstić information content (AvgIpc) is 2.60. The van der Waals surface area contributed by atoms with Crippen LogP contribution >= 0.6 is 27.7 Å². The minimum atomic E-state index is -4.08. The number of alkyl halides is 4. The first-order valence-corrected chi connectivity index (χ1v) is 7.64. The van der Waals surface area contributed by atoms with Crippen LogP contribution in [0, 0.1) is 0 Å². The number of hydrogen-bond acceptors (Lipinski definition) is 2. The summed E-state index contributed by atoms with van der Waals surface area (Å²) < 4.78 is 35.9. The van der Waals surface area contributed by atoms with Crippen LogP contribution in [-0.4, -0.2) is 40.6 Å². The second-order valence-electron chi connectivity index (χ2n) is 3.96. The van der Waals surface area contributed by atoms with Crippen molar-refractivity contribution in [3.8, 4) is 0 Å². The van der Waals surface area contributed by atoms with Gasteiger partial charge in [-0.1, -0.05) is 15.9 Å². The first-order valence-electron chi connectivity index (χ1n) is 5.53. The third kappa shape index (κ3) is 5.77. The van der Waals surface area contributed by atoms with Crippen LogP contribution in [0.15, 0.2) is 0 Å². The van der Waals surface area contributed by atoms with Crippen molar-refractivity contribution in [2.75, 3.05) is 24.2 Å². The van der Waals surface area contributed by atoms with Gasteiger partial charge in [0.05, 0.1) is 0 Å². The van der Waals surface area contributed by atoms with E-state index in [0.717, 1.165) is 37.6 Å². The Hall–Kier alpha value is 0.580. The maximum absolute atomic E-state index is 12.0. The molecule has 6 heteroatoms. The lowest BCUT2D eigenvalue weighted by atomic mass is 10.1. The molecule has 0 aromatic rings. The molecule has 1 atom stereocenters. The Morgan fingerprint density at radius 2 is 2.12 bits per heavy atom. The van der Waals surface area contributed by atoms with Gasteiger partial charge in [-0.05, 0) is 44.0 Å². The Morgan fingerprint density at radius 1 is 1.38 bits per heavy atom. The van der Waals surface area contributed by atoms with Crippen molar-refractivity contribution in [1.29, 1.82) is 0 Å². The molecule has 96 valence electrons. The van der Waals surface area contributed by atoms with E-state index in [1.54, 1.807) is 0 Å². The summed E-state index contributed by atoms with van der Waals surface area (Å²) >= 11 is 3.48. The summed E-state index contributed by atoms with van der Waals surface area (Å²) in [5.74, 6) is 0.161. The molecule has 1 nitrogen and oxygen atoms in total. The van der Waals surface area contributed by atoms with E-state index < -0.39 is 5.51 Å². The highest BCUT2D eigenvalue weighted by atomic mass is 79.9. The van der Waals surface area contributed by atoms with Gasteiger partial charge in [-0.25, -0.2) is 0 Å². The fraction of sp³-hybridized carbons (Fsp3) is 1.00. The van der Waals surface area contributed by atoms with Crippen LogP contribution in [0.5, 0.6) is 0 Å². The fourth-order valence-electron chi connectivity index (χ4n) is 2.11. The molecule has 1 heterocycles. The molecule has 1 aliphatic rings. The van der Waals surface area contributed by atoms with Crippen LogP contribution in [0.1, 0.15) is 25.7 Å². The molecule has 0 aliphatic carbocycles. The summed E-state index contributed by atoms with van der Waals surface area (Å²) in [7, 11) is 0. The van der Waals surface area contributed by atoms with Crippen molar-refractivity contribution < 1.29 is 13.2 Å². The molecular formula is C10H17BrF3NS. The van der Waals surface area contributed by atoms with Gasteiger partial charge in [0.2, 0.25) is 0 Å². The summed E-state index contributed by atoms with van der Waals surface area (Å²) in [4.78, 5) is 2.21. The molecule has 0 spiro atoms. The van der Waals surface area contributed by atoms with E-state index in [1.165, 1.54) is 0 Å². The van der Waals surface area contributed by atoms with E-state index in [2.05, 4.69) is 20.8 Å². The summed E-state index contributed by atoms with van der Waals surface area (Å²) in [6, 6.07) is 0.506. The average molecular weight is 320 g/mol. The molecule has 1 fully saturated rings. The Labute approximate surface area is 107 Å². The number of nitrogens with zero attached hydrogens (tertiary/aromatic N) is 1. The molecule has 0 amide bonds. The highest BCUT2D eigenvalue weighted by Gasteiger charge is 2.29. The van der Waals surface area contributed by atoms with Gasteiger partial charge in [-0.15, -0.1) is 0 Å². The summed E-state index contributed by atoms with van der Waals surface area (Å²) in [6.45, 7) is 1.53. The second kappa shape index (κ2) is 7.11. The quantitative estimate of drug-likeness (QED) is 0.683. The molecule has 0 aromatic heterocycles. The monoisotopic (exact) mass is 319 g/mol. The van der Waals surface area contributed by atoms with Crippen LogP contribution in [0.4, 0.5) is 13.2 Å². The van der Waals surface area contributed by atoms with Gasteiger partial charge in [0.1, 0.15) is 0 Å². The molecule has 1 unspecified atom stereocenters. The zero-order valence-electron chi connectivity index (χ0n) is 9.10. The van der Waals surface area contributed by atoms with E-state index in [9.17, 15) is 13.2 Å². The molecule has 0 aromatic carbocycles. The van der Waals surface area contributed by atoms with Gasteiger partial charge in [-0.2, -0.15) is 13.2 Å². The standard InChI is InChI=1S/C10H17BrF3NS/c11-5-1-3-9-4-2-6-15(9)7-8-16-10(12,13)14/h9H,1-8H2. The first-order chi connectivity index (χ1) is 7.53. The van der Waals surface area contributed by atoms with Gasteiger partial charge >= 0.3 is 5.51 Å². The zero-order chi connectivity index (χ0) is 12.0. The maximum Gasteiger partial charge on any atom is 0.441 e. The lowest BCUT2D eigenvalue weighted by Gasteiger charge is -2.24.